The Bertz CT molecular complexity index is 310. The summed E-state index contributed by atoms with van der Waals surface area (Å²) >= 11 is 0. The summed E-state index contributed by atoms with van der Waals surface area (Å²) in [5, 5.41) is 17.8. The molecule has 4 heteroatoms. The van der Waals surface area contributed by atoms with Crippen LogP contribution in [0.4, 0.5) is 0 Å². The van der Waals surface area contributed by atoms with Crippen molar-refractivity contribution in [2.24, 2.45) is 7.05 Å². The highest BCUT2D eigenvalue weighted by atomic mass is 16.3. The molecule has 0 bridgehead atoms. The second-order valence-corrected chi connectivity index (χ2v) is 3.72. The summed E-state index contributed by atoms with van der Waals surface area (Å²) in [6.45, 7) is 2.84. The van der Waals surface area contributed by atoms with Gasteiger partial charge in [0.1, 0.15) is 5.60 Å². The van der Waals surface area contributed by atoms with E-state index in [1.165, 1.54) is 0 Å². The van der Waals surface area contributed by atoms with E-state index in [-0.39, 0.29) is 6.04 Å². The maximum atomic E-state index is 10.3. The molecule has 1 aromatic rings. The van der Waals surface area contributed by atoms with Crippen molar-refractivity contribution in [2.45, 2.75) is 25.0 Å². The lowest BCUT2D eigenvalue weighted by molar-refractivity contribution is 0.0244. The minimum Gasteiger partial charge on any atom is -0.382 e. The average molecular weight is 181 g/mol. The van der Waals surface area contributed by atoms with Gasteiger partial charge in [0.25, 0.3) is 0 Å². The molecule has 2 atom stereocenters. The summed E-state index contributed by atoms with van der Waals surface area (Å²) in [5.74, 6) is 0. The molecule has 2 rings (SSSR count). The van der Waals surface area contributed by atoms with Crippen LogP contribution in [-0.2, 0) is 12.6 Å². The number of aliphatic hydroxyl groups is 1. The van der Waals surface area contributed by atoms with Gasteiger partial charge in [-0.2, -0.15) is 5.10 Å². The molecule has 2 N–H and O–H groups in total. The minimum atomic E-state index is -0.777. The molecule has 1 saturated heterocycles. The lowest BCUT2D eigenvalue weighted by atomic mass is 9.92. The Kier molecular flexibility index (Phi) is 1.89. The zero-order valence-corrected chi connectivity index (χ0v) is 7.99. The van der Waals surface area contributed by atoms with Crippen LogP contribution in [-0.4, -0.2) is 27.5 Å². The van der Waals surface area contributed by atoms with Crippen molar-refractivity contribution < 1.29 is 5.11 Å². The van der Waals surface area contributed by atoms with Gasteiger partial charge in [0.2, 0.25) is 0 Å². The molecular formula is C9H15N3O. The van der Waals surface area contributed by atoms with Crippen LogP contribution < -0.4 is 5.32 Å². The predicted molar refractivity (Wildman–Crippen MR) is 49.2 cm³/mol. The van der Waals surface area contributed by atoms with Gasteiger partial charge in [0.05, 0.1) is 5.69 Å². The van der Waals surface area contributed by atoms with Crippen LogP contribution in [0.5, 0.6) is 0 Å². The lowest BCUT2D eigenvalue weighted by Crippen LogP contribution is -2.38. The van der Waals surface area contributed by atoms with Crippen molar-refractivity contribution in [1.82, 2.24) is 15.1 Å². The first-order valence-corrected chi connectivity index (χ1v) is 4.59. The Morgan fingerprint density at radius 2 is 2.54 bits per heavy atom. The maximum absolute atomic E-state index is 10.3. The van der Waals surface area contributed by atoms with Gasteiger partial charge < -0.3 is 10.4 Å². The van der Waals surface area contributed by atoms with Gasteiger partial charge >= 0.3 is 0 Å². The van der Waals surface area contributed by atoms with E-state index in [2.05, 4.69) is 10.4 Å². The maximum Gasteiger partial charge on any atom is 0.124 e. The summed E-state index contributed by atoms with van der Waals surface area (Å²) in [5.41, 5.74) is -0.00569. The first-order chi connectivity index (χ1) is 6.13. The van der Waals surface area contributed by atoms with Gasteiger partial charge in [-0.25, -0.2) is 0 Å². The first-order valence-electron chi connectivity index (χ1n) is 4.59. The predicted octanol–water partition coefficient (Wildman–Crippen LogP) is -0.0105. The van der Waals surface area contributed by atoms with Gasteiger partial charge in [-0.15, -0.1) is 0 Å². The quantitative estimate of drug-likeness (QED) is 0.640. The summed E-state index contributed by atoms with van der Waals surface area (Å²) in [4.78, 5) is 0. The number of aryl methyl sites for hydroxylation is 1. The zero-order valence-electron chi connectivity index (χ0n) is 7.99. The topological polar surface area (TPSA) is 50.1 Å². The van der Waals surface area contributed by atoms with Crippen LogP contribution in [0.25, 0.3) is 0 Å². The summed E-state index contributed by atoms with van der Waals surface area (Å²) in [6, 6.07) is 1.96. The van der Waals surface area contributed by atoms with Crippen molar-refractivity contribution in [2.75, 3.05) is 6.54 Å². The number of hydrogen-bond acceptors (Lipinski definition) is 3. The Balaban J connectivity index is 2.33. The molecule has 0 aliphatic carbocycles. The second-order valence-electron chi connectivity index (χ2n) is 3.72. The molecule has 0 radical (unpaired) electrons. The fourth-order valence-corrected chi connectivity index (χ4v) is 1.86. The van der Waals surface area contributed by atoms with Crippen LogP contribution in [0.3, 0.4) is 0 Å². The van der Waals surface area contributed by atoms with E-state index in [1.54, 1.807) is 4.68 Å². The van der Waals surface area contributed by atoms with Crippen LogP contribution in [0, 0.1) is 0 Å². The fraction of sp³-hybridized carbons (Fsp3) is 0.667. The lowest BCUT2D eigenvalue weighted by Gasteiger charge is -2.24. The van der Waals surface area contributed by atoms with Crippen molar-refractivity contribution in [3.05, 3.63) is 18.0 Å². The minimum absolute atomic E-state index is 0.0856. The highest BCUT2D eigenvalue weighted by Crippen LogP contribution is 2.30. The molecular weight excluding hydrogens is 166 g/mol. The molecule has 1 aliphatic rings. The van der Waals surface area contributed by atoms with Crippen LogP contribution >= 0.6 is 0 Å². The van der Waals surface area contributed by atoms with Gasteiger partial charge in [-0.05, 0) is 26.0 Å². The highest BCUT2D eigenvalue weighted by Gasteiger charge is 2.41. The molecule has 0 amide bonds. The van der Waals surface area contributed by atoms with Crippen molar-refractivity contribution in [3.8, 4) is 0 Å². The monoisotopic (exact) mass is 181 g/mol. The largest absolute Gasteiger partial charge is 0.382 e. The first kappa shape index (κ1) is 8.72. The third-order valence-electron chi connectivity index (χ3n) is 2.83. The zero-order chi connectivity index (χ0) is 9.47. The van der Waals surface area contributed by atoms with Crippen LogP contribution in [0.15, 0.2) is 12.3 Å². The molecule has 2 heterocycles. The van der Waals surface area contributed by atoms with Crippen LogP contribution in [0.1, 0.15) is 19.0 Å². The van der Waals surface area contributed by atoms with Crippen molar-refractivity contribution in [1.29, 1.82) is 0 Å². The standard InChI is InChI=1S/C9H15N3O/c1-7-9(13,4-5-10-7)8-3-6-12(2)11-8/h3,6-7,10,13H,4-5H2,1-2H3. The van der Waals surface area contributed by atoms with E-state index < -0.39 is 5.60 Å². The van der Waals surface area contributed by atoms with Gasteiger partial charge in [-0.3, -0.25) is 4.68 Å². The van der Waals surface area contributed by atoms with E-state index >= 15 is 0 Å². The molecule has 4 nitrogen and oxygen atoms in total. The Morgan fingerprint density at radius 3 is 3.00 bits per heavy atom. The third-order valence-corrected chi connectivity index (χ3v) is 2.83. The molecule has 1 fully saturated rings. The molecule has 2 unspecified atom stereocenters. The van der Waals surface area contributed by atoms with Crippen molar-refractivity contribution in [3.63, 3.8) is 0 Å². The van der Waals surface area contributed by atoms with Crippen molar-refractivity contribution >= 4 is 0 Å². The Morgan fingerprint density at radius 1 is 1.77 bits per heavy atom. The molecule has 0 aromatic carbocycles. The third kappa shape index (κ3) is 1.26. The highest BCUT2D eigenvalue weighted by molar-refractivity contribution is 5.16. The smallest absolute Gasteiger partial charge is 0.124 e. The number of nitrogens with one attached hydrogen (secondary N) is 1. The van der Waals surface area contributed by atoms with Gasteiger partial charge in [0.15, 0.2) is 0 Å². The van der Waals surface area contributed by atoms with Gasteiger partial charge in [-0.1, -0.05) is 0 Å². The van der Waals surface area contributed by atoms with E-state index in [4.69, 9.17) is 0 Å². The van der Waals surface area contributed by atoms with Crippen LogP contribution in [0.2, 0.25) is 0 Å². The SMILES string of the molecule is CC1NCCC1(O)c1ccn(C)n1. The molecule has 1 aromatic heterocycles. The fourth-order valence-electron chi connectivity index (χ4n) is 1.86. The summed E-state index contributed by atoms with van der Waals surface area (Å²) < 4.78 is 1.72. The average Bonchev–Trinajstić information content (AvgIpc) is 2.62. The molecule has 13 heavy (non-hydrogen) atoms. The summed E-state index contributed by atoms with van der Waals surface area (Å²) in [7, 11) is 1.86. The van der Waals surface area contributed by atoms with E-state index in [0.29, 0.717) is 0 Å². The second kappa shape index (κ2) is 2.82. The van der Waals surface area contributed by atoms with E-state index in [9.17, 15) is 5.11 Å². The number of aromatic nitrogens is 2. The molecule has 72 valence electrons. The number of hydrogen-bond donors (Lipinski definition) is 2. The van der Waals surface area contributed by atoms with Gasteiger partial charge in [0, 0.05) is 19.3 Å². The summed E-state index contributed by atoms with van der Waals surface area (Å²) in [6.07, 6.45) is 2.60. The molecule has 0 saturated carbocycles. The molecule has 1 aliphatic heterocycles. The van der Waals surface area contributed by atoms with E-state index in [1.807, 2.05) is 26.2 Å². The Hall–Kier alpha value is -0.870. The Labute approximate surface area is 77.6 Å². The number of rotatable bonds is 1. The number of nitrogens with zero attached hydrogens (tertiary/aromatic N) is 2. The molecule has 0 spiro atoms. The van der Waals surface area contributed by atoms with E-state index in [0.717, 1.165) is 18.7 Å². The normalized spacial score (nSPS) is 33.9.